The van der Waals surface area contributed by atoms with Gasteiger partial charge in [-0.05, 0) is 49.4 Å². The van der Waals surface area contributed by atoms with Gasteiger partial charge in [0.2, 0.25) is 0 Å². The maximum absolute atomic E-state index is 12.2. The lowest BCUT2D eigenvalue weighted by atomic mass is 10.1. The quantitative estimate of drug-likeness (QED) is 0.840. The van der Waals surface area contributed by atoms with Gasteiger partial charge < -0.3 is 10.6 Å². The second-order valence-corrected chi connectivity index (χ2v) is 6.26. The van der Waals surface area contributed by atoms with Gasteiger partial charge >= 0.3 is 0 Å². The highest BCUT2D eigenvalue weighted by molar-refractivity contribution is 5.93. The molecule has 2 rings (SSSR count). The normalized spacial score (nSPS) is 10.7. The van der Waals surface area contributed by atoms with Gasteiger partial charge in [-0.2, -0.15) is 0 Å². The van der Waals surface area contributed by atoms with Crippen molar-refractivity contribution in [1.29, 1.82) is 0 Å². The fourth-order valence-corrected chi connectivity index (χ4v) is 2.35. The minimum atomic E-state index is -0.129. The van der Waals surface area contributed by atoms with Crippen LogP contribution in [0, 0.1) is 19.8 Å². The molecular formula is C19H25N3O. The molecule has 4 nitrogen and oxygen atoms in total. The van der Waals surface area contributed by atoms with Crippen LogP contribution in [0.2, 0.25) is 0 Å². The van der Waals surface area contributed by atoms with Gasteiger partial charge in [-0.15, -0.1) is 0 Å². The van der Waals surface area contributed by atoms with Gasteiger partial charge in [0.25, 0.3) is 5.91 Å². The second kappa shape index (κ2) is 7.77. The smallest absolute Gasteiger partial charge is 0.269 e. The van der Waals surface area contributed by atoms with E-state index < -0.39 is 0 Å². The van der Waals surface area contributed by atoms with Crippen molar-refractivity contribution >= 4 is 17.3 Å². The average Bonchev–Trinajstić information content (AvgIpc) is 2.51. The number of anilines is 2. The minimum Gasteiger partial charge on any atom is -0.355 e. The third-order valence-corrected chi connectivity index (χ3v) is 3.75. The standard InChI is InChI=1S/C19H25N3O/c1-13(2)8-10-21-19(23)17-12-16(9-11-20-17)22-18-14(3)6-5-7-15(18)4/h5-7,9,11-13H,8,10H2,1-4H3,(H,20,22)(H,21,23). The van der Waals surface area contributed by atoms with E-state index in [1.165, 1.54) is 11.1 Å². The van der Waals surface area contributed by atoms with Crippen LogP contribution in [0.1, 0.15) is 41.9 Å². The van der Waals surface area contributed by atoms with Crippen LogP contribution in [0.4, 0.5) is 11.4 Å². The van der Waals surface area contributed by atoms with E-state index in [0.717, 1.165) is 17.8 Å². The molecule has 1 aromatic heterocycles. The zero-order valence-corrected chi connectivity index (χ0v) is 14.3. The fourth-order valence-electron chi connectivity index (χ4n) is 2.35. The Balaban J connectivity index is 2.09. The van der Waals surface area contributed by atoms with Crippen LogP contribution in [-0.2, 0) is 0 Å². The number of carbonyl (C=O) groups is 1. The summed E-state index contributed by atoms with van der Waals surface area (Å²) in [7, 11) is 0. The fraction of sp³-hybridized carbons (Fsp3) is 0.368. The third-order valence-electron chi connectivity index (χ3n) is 3.75. The van der Waals surface area contributed by atoms with E-state index in [0.29, 0.717) is 18.2 Å². The molecule has 1 amide bonds. The van der Waals surface area contributed by atoms with Crippen molar-refractivity contribution in [2.75, 3.05) is 11.9 Å². The molecule has 122 valence electrons. The zero-order chi connectivity index (χ0) is 16.8. The lowest BCUT2D eigenvalue weighted by Gasteiger charge is -2.13. The molecule has 0 bridgehead atoms. The Morgan fingerprint density at radius 2 is 1.87 bits per heavy atom. The molecule has 0 aliphatic rings. The predicted octanol–water partition coefficient (Wildman–Crippen LogP) is 4.22. The highest BCUT2D eigenvalue weighted by Crippen LogP contribution is 2.24. The predicted molar refractivity (Wildman–Crippen MR) is 95.2 cm³/mol. The first kappa shape index (κ1) is 17.0. The average molecular weight is 311 g/mol. The second-order valence-electron chi connectivity index (χ2n) is 6.26. The van der Waals surface area contributed by atoms with E-state index in [1.54, 1.807) is 12.3 Å². The van der Waals surface area contributed by atoms with E-state index in [4.69, 9.17) is 0 Å². The van der Waals surface area contributed by atoms with Crippen molar-refractivity contribution in [3.05, 3.63) is 53.3 Å². The number of hydrogen-bond donors (Lipinski definition) is 2. The summed E-state index contributed by atoms with van der Waals surface area (Å²) in [6, 6.07) is 9.83. The van der Waals surface area contributed by atoms with Gasteiger partial charge in [-0.25, -0.2) is 0 Å². The molecular weight excluding hydrogens is 286 g/mol. The molecule has 23 heavy (non-hydrogen) atoms. The van der Waals surface area contributed by atoms with Crippen LogP contribution in [0.15, 0.2) is 36.5 Å². The number of rotatable bonds is 6. The van der Waals surface area contributed by atoms with E-state index in [9.17, 15) is 4.79 Å². The Hall–Kier alpha value is -2.36. The number of hydrogen-bond acceptors (Lipinski definition) is 3. The molecule has 0 aliphatic carbocycles. The Labute approximate surface area is 138 Å². The molecule has 4 heteroatoms. The zero-order valence-electron chi connectivity index (χ0n) is 14.3. The summed E-state index contributed by atoms with van der Waals surface area (Å²) in [4.78, 5) is 16.3. The molecule has 1 heterocycles. The molecule has 0 spiro atoms. The number of benzene rings is 1. The summed E-state index contributed by atoms with van der Waals surface area (Å²) in [5.41, 5.74) is 4.72. The number of aromatic nitrogens is 1. The summed E-state index contributed by atoms with van der Waals surface area (Å²) < 4.78 is 0. The highest BCUT2D eigenvalue weighted by atomic mass is 16.1. The van der Waals surface area contributed by atoms with Crippen LogP contribution >= 0.6 is 0 Å². The molecule has 0 unspecified atom stereocenters. The molecule has 1 aromatic carbocycles. The molecule has 0 radical (unpaired) electrons. The lowest BCUT2D eigenvalue weighted by Crippen LogP contribution is -2.26. The van der Waals surface area contributed by atoms with Gasteiger partial charge in [-0.3, -0.25) is 9.78 Å². The van der Waals surface area contributed by atoms with E-state index in [1.807, 2.05) is 12.1 Å². The summed E-state index contributed by atoms with van der Waals surface area (Å²) in [5, 5.41) is 6.30. The number of pyridine rings is 1. The highest BCUT2D eigenvalue weighted by Gasteiger charge is 2.09. The van der Waals surface area contributed by atoms with Crippen molar-refractivity contribution < 1.29 is 4.79 Å². The molecule has 0 saturated heterocycles. The summed E-state index contributed by atoms with van der Waals surface area (Å²) in [6.07, 6.45) is 2.62. The van der Waals surface area contributed by atoms with Gasteiger partial charge in [0.1, 0.15) is 5.69 Å². The third kappa shape index (κ3) is 4.81. The van der Waals surface area contributed by atoms with Crippen molar-refractivity contribution in [3.63, 3.8) is 0 Å². The van der Waals surface area contributed by atoms with Crippen molar-refractivity contribution in [2.45, 2.75) is 34.1 Å². The number of amides is 1. The Kier molecular flexibility index (Phi) is 5.74. The van der Waals surface area contributed by atoms with Crippen LogP contribution in [-0.4, -0.2) is 17.4 Å². The van der Waals surface area contributed by atoms with Gasteiger partial charge in [0.15, 0.2) is 0 Å². The first-order valence-corrected chi connectivity index (χ1v) is 8.05. The van der Waals surface area contributed by atoms with Crippen molar-refractivity contribution in [1.82, 2.24) is 10.3 Å². The summed E-state index contributed by atoms with van der Waals surface area (Å²) >= 11 is 0. The number of carbonyl (C=O) groups excluding carboxylic acids is 1. The van der Waals surface area contributed by atoms with Gasteiger partial charge in [0, 0.05) is 24.1 Å². The summed E-state index contributed by atoms with van der Waals surface area (Å²) in [6.45, 7) is 9.08. The van der Waals surface area contributed by atoms with Gasteiger partial charge in [0.05, 0.1) is 0 Å². The Morgan fingerprint density at radius 1 is 1.17 bits per heavy atom. The minimum absolute atomic E-state index is 0.129. The van der Waals surface area contributed by atoms with Crippen molar-refractivity contribution in [3.8, 4) is 0 Å². The lowest BCUT2D eigenvalue weighted by molar-refractivity contribution is 0.0947. The molecule has 2 N–H and O–H groups in total. The van der Waals surface area contributed by atoms with Crippen LogP contribution in [0.5, 0.6) is 0 Å². The van der Waals surface area contributed by atoms with Gasteiger partial charge in [-0.1, -0.05) is 32.0 Å². The first-order chi connectivity index (χ1) is 11.0. The molecule has 2 aromatic rings. The largest absolute Gasteiger partial charge is 0.355 e. The first-order valence-electron chi connectivity index (χ1n) is 8.05. The topological polar surface area (TPSA) is 54.0 Å². The van der Waals surface area contributed by atoms with Crippen LogP contribution < -0.4 is 10.6 Å². The number of nitrogens with one attached hydrogen (secondary N) is 2. The monoisotopic (exact) mass is 311 g/mol. The number of aryl methyl sites for hydroxylation is 2. The summed E-state index contributed by atoms with van der Waals surface area (Å²) in [5.74, 6) is 0.441. The Morgan fingerprint density at radius 3 is 2.52 bits per heavy atom. The Bertz CT molecular complexity index is 660. The van der Waals surface area contributed by atoms with Crippen LogP contribution in [0.3, 0.4) is 0 Å². The van der Waals surface area contributed by atoms with Crippen molar-refractivity contribution in [2.24, 2.45) is 5.92 Å². The van der Waals surface area contributed by atoms with E-state index in [-0.39, 0.29) is 5.91 Å². The molecule has 0 atom stereocenters. The number of para-hydroxylation sites is 1. The maximum atomic E-state index is 12.2. The van der Waals surface area contributed by atoms with Crippen LogP contribution in [0.25, 0.3) is 0 Å². The molecule has 0 saturated carbocycles. The number of nitrogens with zero attached hydrogens (tertiary/aromatic N) is 1. The molecule has 0 aliphatic heterocycles. The van der Waals surface area contributed by atoms with E-state index >= 15 is 0 Å². The molecule has 0 fully saturated rings. The maximum Gasteiger partial charge on any atom is 0.269 e. The SMILES string of the molecule is Cc1cccc(C)c1Nc1ccnc(C(=O)NCCC(C)C)c1. The van der Waals surface area contributed by atoms with E-state index in [2.05, 4.69) is 55.4 Å².